The quantitative estimate of drug-likeness (QED) is 0.464. The molecule has 0 saturated carbocycles. The summed E-state index contributed by atoms with van der Waals surface area (Å²) in [4.78, 5) is 12.4. The van der Waals surface area contributed by atoms with E-state index in [4.69, 9.17) is 11.6 Å². The molecule has 168 valence electrons. The van der Waals surface area contributed by atoms with Crippen LogP contribution < -0.4 is 5.32 Å². The van der Waals surface area contributed by atoms with Gasteiger partial charge in [-0.1, -0.05) is 51.8 Å². The second-order valence-electron chi connectivity index (χ2n) is 7.53. The van der Waals surface area contributed by atoms with Gasteiger partial charge in [0.1, 0.15) is 0 Å². The van der Waals surface area contributed by atoms with Crippen LogP contribution in [0.3, 0.4) is 0 Å². The third-order valence-corrected chi connectivity index (χ3v) is 8.77. The maximum absolute atomic E-state index is 12.7. The van der Waals surface area contributed by atoms with Crippen molar-refractivity contribution < 1.29 is 13.2 Å². The second kappa shape index (κ2) is 11.7. The minimum Gasteiger partial charge on any atom is -0.355 e. The lowest BCUT2D eigenvalue weighted by molar-refractivity contribution is -0.125. The van der Waals surface area contributed by atoms with Crippen molar-refractivity contribution in [3.05, 3.63) is 69.2 Å². The van der Waals surface area contributed by atoms with Gasteiger partial charge in [0.05, 0.1) is 5.75 Å². The zero-order chi connectivity index (χ0) is 22.3. The molecule has 1 aliphatic rings. The number of carbonyl (C=O) groups is 1. The number of nitrogens with zero attached hydrogens (tertiary/aromatic N) is 1. The monoisotopic (exact) mass is 544 g/mol. The largest absolute Gasteiger partial charge is 0.355 e. The van der Waals surface area contributed by atoms with Gasteiger partial charge in [-0.25, -0.2) is 12.7 Å². The van der Waals surface area contributed by atoms with Crippen molar-refractivity contribution in [1.82, 2.24) is 9.62 Å². The van der Waals surface area contributed by atoms with Crippen molar-refractivity contribution in [1.29, 1.82) is 0 Å². The number of nitrogens with one attached hydrogen (secondary N) is 1. The molecule has 1 N–H and O–H groups in total. The summed E-state index contributed by atoms with van der Waals surface area (Å²) < 4.78 is 27.8. The van der Waals surface area contributed by atoms with Crippen LogP contribution in [0.5, 0.6) is 0 Å². The first-order valence-corrected chi connectivity index (χ1v) is 14.1. The van der Waals surface area contributed by atoms with Crippen LogP contribution in [0.2, 0.25) is 5.02 Å². The summed E-state index contributed by atoms with van der Waals surface area (Å²) in [5.74, 6) is 1.54. The lowest BCUT2D eigenvalue weighted by atomic mass is 9.97. The van der Waals surface area contributed by atoms with Crippen molar-refractivity contribution >= 4 is 55.2 Å². The van der Waals surface area contributed by atoms with Crippen LogP contribution >= 0.6 is 39.3 Å². The van der Waals surface area contributed by atoms with E-state index >= 15 is 0 Å². The molecule has 0 spiro atoms. The Morgan fingerprint density at radius 2 is 1.84 bits per heavy atom. The van der Waals surface area contributed by atoms with Gasteiger partial charge < -0.3 is 5.32 Å². The predicted molar refractivity (Wildman–Crippen MR) is 132 cm³/mol. The van der Waals surface area contributed by atoms with E-state index in [-0.39, 0.29) is 17.6 Å². The van der Waals surface area contributed by atoms with Gasteiger partial charge in [-0.3, -0.25) is 4.79 Å². The molecule has 1 heterocycles. The molecule has 0 bridgehead atoms. The Kier molecular flexibility index (Phi) is 9.28. The first-order valence-electron chi connectivity index (χ1n) is 10.2. The number of amides is 1. The van der Waals surface area contributed by atoms with Crippen molar-refractivity contribution in [2.24, 2.45) is 5.92 Å². The molecule has 0 aromatic heterocycles. The van der Waals surface area contributed by atoms with Crippen molar-refractivity contribution in [3.8, 4) is 0 Å². The highest BCUT2D eigenvalue weighted by atomic mass is 79.9. The first-order chi connectivity index (χ1) is 14.8. The van der Waals surface area contributed by atoms with E-state index in [0.717, 1.165) is 26.6 Å². The van der Waals surface area contributed by atoms with E-state index in [1.54, 1.807) is 11.8 Å². The van der Waals surface area contributed by atoms with Gasteiger partial charge >= 0.3 is 0 Å². The topological polar surface area (TPSA) is 66.5 Å². The van der Waals surface area contributed by atoms with E-state index in [2.05, 4.69) is 21.2 Å². The molecule has 9 heteroatoms. The Morgan fingerprint density at radius 1 is 1.13 bits per heavy atom. The van der Waals surface area contributed by atoms with Crippen LogP contribution in [0.15, 0.2) is 53.0 Å². The molecule has 31 heavy (non-hydrogen) atoms. The zero-order valence-corrected chi connectivity index (χ0v) is 21.1. The zero-order valence-electron chi connectivity index (χ0n) is 17.1. The van der Waals surface area contributed by atoms with Gasteiger partial charge in [0.2, 0.25) is 15.9 Å². The van der Waals surface area contributed by atoms with Crippen LogP contribution in [-0.4, -0.2) is 44.0 Å². The average molecular weight is 546 g/mol. The average Bonchev–Trinajstić information content (AvgIpc) is 2.73. The Bertz CT molecular complexity index is 996. The molecule has 1 fully saturated rings. The van der Waals surface area contributed by atoms with Crippen LogP contribution in [0.25, 0.3) is 0 Å². The number of hydrogen-bond acceptors (Lipinski definition) is 4. The molecule has 5 nitrogen and oxygen atoms in total. The lowest BCUT2D eigenvalue weighted by Gasteiger charge is -2.30. The minimum atomic E-state index is -3.39. The lowest BCUT2D eigenvalue weighted by Crippen LogP contribution is -2.43. The van der Waals surface area contributed by atoms with Crippen LogP contribution in [-0.2, 0) is 26.3 Å². The van der Waals surface area contributed by atoms with Gasteiger partial charge in [0.15, 0.2) is 0 Å². The first kappa shape index (κ1) is 24.6. The highest BCUT2D eigenvalue weighted by molar-refractivity contribution is 9.10. The maximum Gasteiger partial charge on any atom is 0.223 e. The van der Waals surface area contributed by atoms with Crippen molar-refractivity contribution in [2.45, 2.75) is 24.3 Å². The summed E-state index contributed by atoms with van der Waals surface area (Å²) in [6, 6.07) is 15.1. The predicted octanol–water partition coefficient (Wildman–Crippen LogP) is 4.69. The van der Waals surface area contributed by atoms with E-state index in [1.807, 2.05) is 48.5 Å². The van der Waals surface area contributed by atoms with E-state index in [0.29, 0.717) is 32.5 Å². The van der Waals surface area contributed by atoms with Crippen LogP contribution in [0.4, 0.5) is 0 Å². The number of hydrogen-bond donors (Lipinski definition) is 1. The fourth-order valence-corrected chi connectivity index (χ4v) is 6.55. The third-order valence-electron chi connectivity index (χ3n) is 5.16. The SMILES string of the molecule is O=C(NCCSCc1cccc(Cl)c1)C1CCN(S(=O)(=O)Cc2cccc(Br)c2)CC1. The molecule has 3 rings (SSSR count). The van der Waals surface area contributed by atoms with Gasteiger partial charge in [0.25, 0.3) is 0 Å². The molecule has 0 aliphatic carbocycles. The van der Waals surface area contributed by atoms with Crippen LogP contribution in [0, 0.1) is 5.92 Å². The molecule has 2 aromatic carbocycles. The number of thioether (sulfide) groups is 1. The van der Waals surface area contributed by atoms with Gasteiger partial charge in [-0.05, 0) is 48.2 Å². The highest BCUT2D eigenvalue weighted by Crippen LogP contribution is 2.23. The number of carbonyl (C=O) groups excluding carboxylic acids is 1. The van der Waals surface area contributed by atoms with Gasteiger partial charge in [-0.15, -0.1) is 0 Å². The van der Waals surface area contributed by atoms with E-state index < -0.39 is 10.0 Å². The molecule has 0 radical (unpaired) electrons. The van der Waals surface area contributed by atoms with Gasteiger partial charge in [0, 0.05) is 46.6 Å². The Balaban J connectivity index is 1.37. The summed E-state index contributed by atoms with van der Waals surface area (Å²) in [6.45, 7) is 1.38. The normalized spacial score (nSPS) is 15.7. The maximum atomic E-state index is 12.7. The van der Waals surface area contributed by atoms with E-state index in [1.165, 1.54) is 9.87 Å². The van der Waals surface area contributed by atoms with Crippen LogP contribution in [0.1, 0.15) is 24.0 Å². The summed E-state index contributed by atoms with van der Waals surface area (Å²) in [5.41, 5.74) is 1.92. The molecular formula is C22H26BrClN2O3S2. The fraction of sp³-hybridized carbons (Fsp3) is 0.409. The Hall–Kier alpha value is -1.06. The van der Waals surface area contributed by atoms with E-state index in [9.17, 15) is 13.2 Å². The number of piperidine rings is 1. The molecule has 1 saturated heterocycles. The fourth-order valence-electron chi connectivity index (χ4n) is 3.53. The van der Waals surface area contributed by atoms with Crippen molar-refractivity contribution in [3.63, 3.8) is 0 Å². The Morgan fingerprint density at radius 3 is 2.55 bits per heavy atom. The highest BCUT2D eigenvalue weighted by Gasteiger charge is 2.31. The Labute approximate surface area is 202 Å². The standard InChI is InChI=1S/C22H26BrClN2O3S2/c23-20-5-1-4-18(13-20)16-31(28,29)26-10-7-19(8-11-26)22(27)25-9-12-30-15-17-3-2-6-21(24)14-17/h1-6,13-14,19H,7-12,15-16H2,(H,25,27). The summed E-state index contributed by atoms with van der Waals surface area (Å²) in [7, 11) is -3.39. The molecule has 1 amide bonds. The number of sulfonamides is 1. The van der Waals surface area contributed by atoms with Gasteiger partial charge in [-0.2, -0.15) is 11.8 Å². The summed E-state index contributed by atoms with van der Waals surface area (Å²) >= 11 is 11.1. The molecule has 2 aromatic rings. The second-order valence-corrected chi connectivity index (χ2v) is 12.0. The summed E-state index contributed by atoms with van der Waals surface area (Å²) in [5, 5.41) is 3.72. The molecular weight excluding hydrogens is 520 g/mol. The minimum absolute atomic E-state index is 0.0207. The smallest absolute Gasteiger partial charge is 0.223 e. The molecule has 0 atom stereocenters. The number of rotatable bonds is 9. The van der Waals surface area contributed by atoms with Crippen molar-refractivity contribution in [2.75, 3.05) is 25.4 Å². The summed E-state index contributed by atoms with van der Waals surface area (Å²) in [6.07, 6.45) is 1.11. The molecule has 0 unspecified atom stereocenters. The third kappa shape index (κ3) is 7.79. The molecule has 1 aliphatic heterocycles. The number of benzene rings is 2. The number of halogens is 2.